The maximum absolute atomic E-state index is 12.6. The predicted molar refractivity (Wildman–Crippen MR) is 114 cm³/mol. The van der Waals surface area contributed by atoms with Crippen molar-refractivity contribution in [3.8, 4) is 11.5 Å². The summed E-state index contributed by atoms with van der Waals surface area (Å²) in [5, 5.41) is 0. The lowest BCUT2D eigenvalue weighted by atomic mass is 10.1. The number of ketones is 1. The number of methoxy groups -OCH3 is 2. The topological polar surface area (TPSA) is 59.1 Å². The molecule has 0 aliphatic carbocycles. The third kappa shape index (κ3) is 4.96. The Morgan fingerprint density at radius 2 is 1.62 bits per heavy atom. The molecule has 1 amide bonds. The van der Waals surface area contributed by atoms with Crippen LogP contribution in [0.4, 0.5) is 5.69 Å². The van der Waals surface area contributed by atoms with Gasteiger partial charge in [-0.05, 0) is 55.5 Å². The highest BCUT2D eigenvalue weighted by Crippen LogP contribution is 2.25. The van der Waals surface area contributed by atoms with Crippen LogP contribution in [-0.2, 0) is 4.79 Å². The summed E-state index contributed by atoms with van der Waals surface area (Å²) in [5.74, 6) is 1.43. The third-order valence-corrected chi connectivity index (χ3v) is 5.07. The Morgan fingerprint density at radius 1 is 0.931 bits per heavy atom. The van der Waals surface area contributed by atoms with E-state index in [-0.39, 0.29) is 11.7 Å². The van der Waals surface area contributed by atoms with Crippen molar-refractivity contribution in [1.82, 2.24) is 4.90 Å². The summed E-state index contributed by atoms with van der Waals surface area (Å²) in [5.41, 5.74) is 2.57. The van der Waals surface area contributed by atoms with Gasteiger partial charge in [-0.2, -0.15) is 0 Å². The van der Waals surface area contributed by atoms with E-state index < -0.39 is 0 Å². The number of amides is 1. The average molecular weight is 394 g/mol. The minimum Gasteiger partial charge on any atom is -0.497 e. The summed E-state index contributed by atoms with van der Waals surface area (Å²) in [4.78, 5) is 28.1. The van der Waals surface area contributed by atoms with Gasteiger partial charge in [-0.25, -0.2) is 0 Å². The lowest BCUT2D eigenvalue weighted by molar-refractivity contribution is -0.126. The molecule has 1 saturated heterocycles. The number of ether oxygens (including phenoxy) is 2. The van der Waals surface area contributed by atoms with Gasteiger partial charge in [0.25, 0.3) is 0 Å². The van der Waals surface area contributed by atoms with Crippen LogP contribution in [0.25, 0.3) is 6.08 Å². The molecule has 0 unspecified atom stereocenters. The average Bonchev–Trinajstić information content (AvgIpc) is 2.77. The van der Waals surface area contributed by atoms with E-state index in [0.29, 0.717) is 30.2 Å². The monoisotopic (exact) mass is 394 g/mol. The van der Waals surface area contributed by atoms with Gasteiger partial charge in [-0.15, -0.1) is 0 Å². The van der Waals surface area contributed by atoms with E-state index in [1.54, 1.807) is 33.3 Å². The first-order valence-corrected chi connectivity index (χ1v) is 9.57. The molecule has 0 aromatic heterocycles. The van der Waals surface area contributed by atoms with Gasteiger partial charge < -0.3 is 19.3 Å². The van der Waals surface area contributed by atoms with Gasteiger partial charge in [0.15, 0.2) is 5.78 Å². The minimum atomic E-state index is -0.0264. The second-order valence-corrected chi connectivity index (χ2v) is 6.86. The Morgan fingerprint density at radius 3 is 2.21 bits per heavy atom. The van der Waals surface area contributed by atoms with Gasteiger partial charge in [-0.3, -0.25) is 9.59 Å². The minimum absolute atomic E-state index is 0.0264. The maximum atomic E-state index is 12.6. The summed E-state index contributed by atoms with van der Waals surface area (Å²) >= 11 is 0. The second-order valence-electron chi connectivity index (χ2n) is 6.86. The Hall–Kier alpha value is -3.28. The van der Waals surface area contributed by atoms with Crippen molar-refractivity contribution in [3.63, 3.8) is 0 Å². The van der Waals surface area contributed by atoms with Gasteiger partial charge >= 0.3 is 0 Å². The first kappa shape index (κ1) is 20.5. The van der Waals surface area contributed by atoms with Crippen molar-refractivity contribution in [1.29, 1.82) is 0 Å². The molecule has 1 fully saturated rings. The summed E-state index contributed by atoms with van der Waals surface area (Å²) < 4.78 is 10.6. The molecule has 1 heterocycles. The lowest BCUT2D eigenvalue weighted by Crippen LogP contribution is -2.48. The van der Waals surface area contributed by atoms with E-state index in [1.807, 2.05) is 47.4 Å². The molecule has 29 heavy (non-hydrogen) atoms. The van der Waals surface area contributed by atoms with E-state index in [9.17, 15) is 9.59 Å². The number of anilines is 1. The van der Waals surface area contributed by atoms with E-state index in [2.05, 4.69) is 4.90 Å². The molecular formula is C23H26N2O4. The SMILES string of the molecule is COc1ccc(OC)c(/C=C/C(=O)N2CCN(c3ccc(C(C)=O)cc3)CC2)c1. The van der Waals surface area contributed by atoms with Crippen LogP contribution >= 0.6 is 0 Å². The van der Waals surface area contributed by atoms with Crippen molar-refractivity contribution >= 4 is 23.5 Å². The van der Waals surface area contributed by atoms with Crippen molar-refractivity contribution in [2.75, 3.05) is 45.3 Å². The Kier molecular flexibility index (Phi) is 6.54. The largest absolute Gasteiger partial charge is 0.497 e. The van der Waals surface area contributed by atoms with Crippen molar-refractivity contribution in [2.24, 2.45) is 0 Å². The summed E-state index contributed by atoms with van der Waals surface area (Å²) in [6.07, 6.45) is 3.34. The second kappa shape index (κ2) is 9.28. The van der Waals surface area contributed by atoms with E-state index in [1.165, 1.54) is 0 Å². The zero-order valence-corrected chi connectivity index (χ0v) is 17.1. The molecule has 0 saturated carbocycles. The third-order valence-electron chi connectivity index (χ3n) is 5.07. The molecule has 1 aliphatic rings. The highest BCUT2D eigenvalue weighted by atomic mass is 16.5. The maximum Gasteiger partial charge on any atom is 0.246 e. The van der Waals surface area contributed by atoms with Crippen molar-refractivity contribution in [2.45, 2.75) is 6.92 Å². The first-order chi connectivity index (χ1) is 14.0. The molecule has 2 aromatic rings. The molecule has 0 atom stereocenters. The van der Waals surface area contributed by atoms with Crippen LogP contribution in [0, 0.1) is 0 Å². The van der Waals surface area contributed by atoms with Gasteiger partial charge in [0, 0.05) is 49.1 Å². The Balaban J connectivity index is 1.60. The van der Waals surface area contributed by atoms with Crippen molar-refractivity contribution in [3.05, 3.63) is 59.7 Å². The van der Waals surface area contributed by atoms with Crippen molar-refractivity contribution < 1.29 is 19.1 Å². The molecule has 152 valence electrons. The molecule has 0 spiro atoms. The molecule has 2 aromatic carbocycles. The number of benzene rings is 2. The number of nitrogens with zero attached hydrogens (tertiary/aromatic N) is 2. The number of rotatable bonds is 6. The van der Waals surface area contributed by atoms with Crippen LogP contribution < -0.4 is 14.4 Å². The van der Waals surface area contributed by atoms with Crippen LogP contribution in [0.5, 0.6) is 11.5 Å². The Bertz CT molecular complexity index is 898. The van der Waals surface area contributed by atoms with Gasteiger partial charge in [0.1, 0.15) is 11.5 Å². The fourth-order valence-electron chi connectivity index (χ4n) is 3.33. The standard InChI is InChI=1S/C23H26N2O4/c1-17(26)18-4-7-20(8-5-18)24-12-14-25(15-13-24)23(27)11-6-19-16-21(28-2)9-10-22(19)29-3/h4-11,16H,12-15H2,1-3H3/b11-6+. The number of hydrogen-bond donors (Lipinski definition) is 0. The smallest absolute Gasteiger partial charge is 0.246 e. The quantitative estimate of drug-likeness (QED) is 0.556. The molecule has 0 N–H and O–H groups in total. The number of carbonyl (C=O) groups excluding carboxylic acids is 2. The van der Waals surface area contributed by atoms with E-state index in [4.69, 9.17) is 9.47 Å². The van der Waals surface area contributed by atoms with Crippen LogP contribution in [-0.4, -0.2) is 57.0 Å². The number of carbonyl (C=O) groups is 2. The van der Waals surface area contributed by atoms with Crippen LogP contribution in [0.2, 0.25) is 0 Å². The van der Waals surface area contributed by atoms with Gasteiger partial charge in [0.05, 0.1) is 14.2 Å². The van der Waals surface area contributed by atoms with Crippen LogP contribution in [0.3, 0.4) is 0 Å². The van der Waals surface area contributed by atoms with E-state index in [0.717, 1.165) is 24.3 Å². The van der Waals surface area contributed by atoms with Crippen LogP contribution in [0.1, 0.15) is 22.8 Å². The van der Waals surface area contributed by atoms with Gasteiger partial charge in [-0.1, -0.05) is 0 Å². The predicted octanol–water partition coefficient (Wildman–Crippen LogP) is 3.27. The number of Topliss-reactive ketones (excluding diaryl/α,β-unsaturated/α-hetero) is 1. The van der Waals surface area contributed by atoms with E-state index >= 15 is 0 Å². The molecule has 6 heteroatoms. The summed E-state index contributed by atoms with van der Waals surface area (Å²) in [6, 6.07) is 13.1. The highest BCUT2D eigenvalue weighted by molar-refractivity contribution is 5.94. The Labute approximate surface area is 171 Å². The van der Waals surface area contributed by atoms with Crippen LogP contribution in [0.15, 0.2) is 48.5 Å². The summed E-state index contributed by atoms with van der Waals surface area (Å²) in [7, 11) is 3.21. The lowest BCUT2D eigenvalue weighted by Gasteiger charge is -2.35. The number of piperazine rings is 1. The molecule has 0 radical (unpaired) electrons. The molecule has 1 aliphatic heterocycles. The molecule has 6 nitrogen and oxygen atoms in total. The zero-order chi connectivity index (χ0) is 20.8. The highest BCUT2D eigenvalue weighted by Gasteiger charge is 2.20. The normalized spacial score (nSPS) is 14.2. The molecule has 3 rings (SSSR count). The van der Waals surface area contributed by atoms with Gasteiger partial charge in [0.2, 0.25) is 5.91 Å². The fraction of sp³-hybridized carbons (Fsp3) is 0.304. The molecule has 0 bridgehead atoms. The zero-order valence-electron chi connectivity index (χ0n) is 17.1. The summed E-state index contributed by atoms with van der Waals surface area (Å²) in [6.45, 7) is 4.36. The number of hydrogen-bond acceptors (Lipinski definition) is 5. The molecular weight excluding hydrogens is 368 g/mol. The first-order valence-electron chi connectivity index (χ1n) is 9.57. The fourth-order valence-corrected chi connectivity index (χ4v) is 3.33.